The standard InChI is InChI=1S/C36H32ClNO2/c1-40-33-21-20-29(23-32(33)37)35-31-17-9-16-30(34(31)36(39)38(35)24-27-12-6-3-7-13-27)28-15-8-14-26(22-28)19-18-25-10-4-2-5-11-25/h2-15,17-23,30-31,34-35H,16,24H2,1H3/b19-18+/t30-,31-,34-,35+/m1/s1. The Balaban J connectivity index is 1.36. The fraction of sp³-hybridized carbons (Fsp3) is 0.194. The van der Waals surface area contributed by atoms with Crippen molar-refractivity contribution >= 4 is 29.7 Å². The van der Waals surface area contributed by atoms with E-state index in [1.807, 2.05) is 48.5 Å². The maximum Gasteiger partial charge on any atom is 0.227 e. The second-order valence-electron chi connectivity index (χ2n) is 10.6. The summed E-state index contributed by atoms with van der Waals surface area (Å²) in [5.41, 5.74) is 5.66. The fourth-order valence-electron chi connectivity index (χ4n) is 6.31. The van der Waals surface area contributed by atoms with Crippen LogP contribution in [-0.4, -0.2) is 17.9 Å². The second-order valence-corrected chi connectivity index (χ2v) is 11.0. The van der Waals surface area contributed by atoms with Gasteiger partial charge in [-0.2, -0.15) is 0 Å². The minimum atomic E-state index is -0.145. The van der Waals surface area contributed by atoms with Crippen LogP contribution in [0.25, 0.3) is 12.2 Å². The van der Waals surface area contributed by atoms with Crippen LogP contribution in [0.4, 0.5) is 0 Å². The molecule has 0 aromatic heterocycles. The van der Waals surface area contributed by atoms with Crippen LogP contribution in [0.5, 0.6) is 5.75 Å². The quantitative estimate of drug-likeness (QED) is 0.172. The molecule has 0 unspecified atom stereocenters. The van der Waals surface area contributed by atoms with Crippen molar-refractivity contribution in [3.8, 4) is 5.75 Å². The largest absolute Gasteiger partial charge is 0.495 e. The summed E-state index contributed by atoms with van der Waals surface area (Å²) < 4.78 is 5.42. The number of methoxy groups -OCH3 is 1. The minimum absolute atomic E-state index is 0.0444. The molecule has 0 spiro atoms. The van der Waals surface area contributed by atoms with E-state index in [4.69, 9.17) is 16.3 Å². The van der Waals surface area contributed by atoms with Crippen LogP contribution < -0.4 is 4.74 Å². The van der Waals surface area contributed by atoms with Gasteiger partial charge in [0.15, 0.2) is 0 Å². The molecule has 3 nitrogen and oxygen atoms in total. The summed E-state index contributed by atoms with van der Waals surface area (Å²) in [6, 6.07) is 35.0. The SMILES string of the molecule is COc1ccc([C@H]2[C@@H]3C=CC[C@H](c4cccc(/C=C/c5ccccc5)c4)[C@H]3C(=O)N2Cc2ccccc2)cc1Cl. The average molecular weight is 546 g/mol. The lowest BCUT2D eigenvalue weighted by molar-refractivity contribution is -0.133. The highest BCUT2D eigenvalue weighted by Gasteiger charge is 2.51. The number of nitrogens with zero attached hydrogens (tertiary/aromatic N) is 1. The lowest BCUT2D eigenvalue weighted by Crippen LogP contribution is -2.31. The van der Waals surface area contributed by atoms with Gasteiger partial charge in [0.05, 0.1) is 24.1 Å². The molecule has 4 atom stereocenters. The number of carbonyl (C=O) groups is 1. The van der Waals surface area contributed by atoms with Gasteiger partial charge < -0.3 is 9.64 Å². The van der Waals surface area contributed by atoms with E-state index in [0.29, 0.717) is 17.3 Å². The Kier molecular flexibility index (Phi) is 7.57. The predicted octanol–water partition coefficient (Wildman–Crippen LogP) is 8.58. The maximum atomic E-state index is 14.3. The van der Waals surface area contributed by atoms with E-state index >= 15 is 0 Å². The van der Waals surface area contributed by atoms with Gasteiger partial charge in [-0.1, -0.05) is 127 Å². The number of rotatable bonds is 7. The van der Waals surface area contributed by atoms with Gasteiger partial charge in [-0.25, -0.2) is 0 Å². The van der Waals surface area contributed by atoms with Crippen molar-refractivity contribution in [1.29, 1.82) is 0 Å². The number of carbonyl (C=O) groups excluding carboxylic acids is 1. The van der Waals surface area contributed by atoms with Crippen LogP contribution in [0.1, 0.15) is 46.2 Å². The molecule has 1 fully saturated rings. The van der Waals surface area contributed by atoms with Crippen LogP contribution in [0.2, 0.25) is 5.02 Å². The summed E-state index contributed by atoms with van der Waals surface area (Å²) >= 11 is 6.59. The van der Waals surface area contributed by atoms with Crippen molar-refractivity contribution in [2.75, 3.05) is 7.11 Å². The van der Waals surface area contributed by atoms with Gasteiger partial charge in [0, 0.05) is 12.5 Å². The summed E-state index contributed by atoms with van der Waals surface area (Å²) in [5, 5.41) is 0.560. The van der Waals surface area contributed by atoms with Gasteiger partial charge in [0.25, 0.3) is 0 Å². The van der Waals surface area contributed by atoms with Crippen molar-refractivity contribution in [3.63, 3.8) is 0 Å². The zero-order valence-corrected chi connectivity index (χ0v) is 23.2. The first-order valence-corrected chi connectivity index (χ1v) is 14.2. The highest BCUT2D eigenvalue weighted by atomic mass is 35.5. The van der Waals surface area contributed by atoms with Gasteiger partial charge in [0.2, 0.25) is 5.91 Å². The smallest absolute Gasteiger partial charge is 0.227 e. The van der Waals surface area contributed by atoms with Crippen molar-refractivity contribution in [1.82, 2.24) is 4.90 Å². The first-order valence-electron chi connectivity index (χ1n) is 13.8. The summed E-state index contributed by atoms with van der Waals surface area (Å²) in [6.45, 7) is 0.557. The molecule has 4 heteroatoms. The molecule has 0 saturated carbocycles. The normalized spacial score (nSPS) is 22.1. The lowest BCUT2D eigenvalue weighted by Gasteiger charge is -2.31. The number of benzene rings is 4. The van der Waals surface area contributed by atoms with Crippen LogP contribution in [0.3, 0.4) is 0 Å². The van der Waals surface area contributed by atoms with Crippen LogP contribution in [-0.2, 0) is 11.3 Å². The molecule has 200 valence electrons. The Labute approximate surface area is 241 Å². The zero-order chi connectivity index (χ0) is 27.5. The number of ether oxygens (including phenoxy) is 1. The molecule has 4 aromatic rings. The first kappa shape index (κ1) is 26.2. The molecule has 1 aliphatic heterocycles. The number of amides is 1. The molecule has 1 heterocycles. The molecule has 1 aliphatic carbocycles. The Bertz CT molecular complexity index is 1550. The Hall–Kier alpha value is -4.08. The van der Waals surface area contributed by atoms with E-state index in [1.54, 1.807) is 7.11 Å². The van der Waals surface area contributed by atoms with E-state index in [0.717, 1.165) is 28.7 Å². The van der Waals surface area contributed by atoms with E-state index in [2.05, 4.69) is 83.8 Å². The highest BCUT2D eigenvalue weighted by molar-refractivity contribution is 6.32. The Morgan fingerprint density at radius 3 is 2.33 bits per heavy atom. The van der Waals surface area contributed by atoms with E-state index in [-0.39, 0.29) is 29.7 Å². The zero-order valence-electron chi connectivity index (χ0n) is 22.5. The number of hydrogen-bond donors (Lipinski definition) is 0. The molecule has 1 amide bonds. The van der Waals surface area contributed by atoms with Gasteiger partial charge >= 0.3 is 0 Å². The third kappa shape index (κ3) is 5.22. The van der Waals surface area contributed by atoms with Gasteiger partial charge in [0.1, 0.15) is 5.75 Å². The third-order valence-electron chi connectivity index (χ3n) is 8.18. The summed E-state index contributed by atoms with van der Waals surface area (Å²) in [6.07, 6.45) is 9.64. The van der Waals surface area contributed by atoms with E-state index in [9.17, 15) is 4.79 Å². The molecule has 0 radical (unpaired) electrons. The molecule has 0 N–H and O–H groups in total. The molecule has 40 heavy (non-hydrogen) atoms. The fourth-order valence-corrected chi connectivity index (χ4v) is 6.58. The Morgan fingerprint density at radius 1 is 0.850 bits per heavy atom. The van der Waals surface area contributed by atoms with Crippen LogP contribution in [0.15, 0.2) is 115 Å². The molecular weight excluding hydrogens is 514 g/mol. The number of likely N-dealkylation sites (tertiary alicyclic amines) is 1. The van der Waals surface area contributed by atoms with Crippen molar-refractivity contribution in [2.45, 2.75) is 24.9 Å². The Morgan fingerprint density at radius 2 is 1.57 bits per heavy atom. The van der Waals surface area contributed by atoms with E-state index in [1.165, 1.54) is 5.56 Å². The maximum absolute atomic E-state index is 14.3. The molecule has 1 saturated heterocycles. The third-order valence-corrected chi connectivity index (χ3v) is 8.48. The number of fused-ring (bicyclic) bond motifs is 1. The van der Waals surface area contributed by atoms with E-state index < -0.39 is 0 Å². The predicted molar refractivity (Wildman–Crippen MR) is 163 cm³/mol. The van der Waals surface area contributed by atoms with Crippen molar-refractivity contribution in [2.24, 2.45) is 11.8 Å². The lowest BCUT2D eigenvalue weighted by atomic mass is 9.71. The monoisotopic (exact) mass is 545 g/mol. The van der Waals surface area contributed by atoms with Crippen LogP contribution >= 0.6 is 11.6 Å². The highest BCUT2D eigenvalue weighted by Crippen LogP contribution is 2.52. The molecule has 4 aromatic carbocycles. The minimum Gasteiger partial charge on any atom is -0.495 e. The van der Waals surface area contributed by atoms with Gasteiger partial charge in [-0.15, -0.1) is 0 Å². The van der Waals surface area contributed by atoms with Gasteiger partial charge in [-0.3, -0.25) is 4.79 Å². The molecule has 0 bridgehead atoms. The van der Waals surface area contributed by atoms with Gasteiger partial charge in [-0.05, 0) is 52.3 Å². The number of allylic oxidation sites excluding steroid dienone is 1. The molecule has 2 aliphatic rings. The summed E-state index contributed by atoms with van der Waals surface area (Å²) in [7, 11) is 1.62. The van der Waals surface area contributed by atoms with Crippen molar-refractivity contribution in [3.05, 3.63) is 148 Å². The second kappa shape index (κ2) is 11.6. The molecule has 6 rings (SSSR count). The number of halogens is 1. The average Bonchev–Trinajstić information content (AvgIpc) is 3.28. The van der Waals surface area contributed by atoms with Crippen LogP contribution in [0, 0.1) is 11.8 Å². The topological polar surface area (TPSA) is 29.5 Å². The first-order chi connectivity index (χ1) is 19.6. The summed E-state index contributed by atoms with van der Waals surface area (Å²) in [4.78, 5) is 16.4. The van der Waals surface area contributed by atoms with Crippen molar-refractivity contribution < 1.29 is 9.53 Å². The molecular formula is C36H32ClNO2. The summed E-state index contributed by atoms with van der Waals surface area (Å²) in [5.74, 6) is 0.837. The number of hydrogen-bond acceptors (Lipinski definition) is 2.